The summed E-state index contributed by atoms with van der Waals surface area (Å²) < 4.78 is 2.08. The zero-order valence-electron chi connectivity index (χ0n) is 11.8. The van der Waals surface area contributed by atoms with Crippen molar-refractivity contribution in [3.63, 3.8) is 0 Å². The van der Waals surface area contributed by atoms with Crippen LogP contribution in [0.5, 0.6) is 0 Å². The monoisotopic (exact) mass is 251 g/mol. The minimum Gasteiger partial charge on any atom is -0.390 e. The van der Waals surface area contributed by atoms with Crippen molar-refractivity contribution in [2.45, 2.75) is 58.7 Å². The molecule has 4 heteroatoms. The number of nitrogens with zero attached hydrogens (tertiary/aromatic N) is 3. The van der Waals surface area contributed by atoms with E-state index in [-0.39, 0.29) is 0 Å². The van der Waals surface area contributed by atoms with E-state index in [1.54, 1.807) is 0 Å². The van der Waals surface area contributed by atoms with E-state index in [4.69, 9.17) is 0 Å². The Balaban J connectivity index is 2.00. The Bertz CT molecular complexity index is 398. The van der Waals surface area contributed by atoms with Gasteiger partial charge in [0.15, 0.2) is 0 Å². The minimum atomic E-state index is -0.477. The lowest BCUT2D eigenvalue weighted by Crippen LogP contribution is -2.28. The van der Waals surface area contributed by atoms with E-state index in [1.165, 1.54) is 5.69 Å². The maximum absolute atomic E-state index is 10.1. The quantitative estimate of drug-likeness (QED) is 0.892. The lowest BCUT2D eigenvalue weighted by molar-refractivity contribution is 0.0443. The summed E-state index contributed by atoms with van der Waals surface area (Å²) in [7, 11) is 0. The Hall–Kier alpha value is -0.870. The first-order valence-electron chi connectivity index (χ1n) is 6.98. The Labute approximate surface area is 110 Å². The number of rotatable bonds is 3. The summed E-state index contributed by atoms with van der Waals surface area (Å²) in [4.78, 5) is 2.43. The SMILES string of the molecule is CCn1nc(C)cc1CN1CCCC(C)(O)CC1. The van der Waals surface area contributed by atoms with Gasteiger partial charge < -0.3 is 5.11 Å². The molecule has 0 saturated carbocycles. The molecule has 0 bridgehead atoms. The molecule has 1 aromatic heterocycles. The Morgan fingerprint density at radius 3 is 2.89 bits per heavy atom. The van der Waals surface area contributed by atoms with Gasteiger partial charge in [0.1, 0.15) is 0 Å². The molecule has 1 atom stereocenters. The zero-order chi connectivity index (χ0) is 13.2. The molecule has 102 valence electrons. The second-order valence-electron chi connectivity index (χ2n) is 5.72. The van der Waals surface area contributed by atoms with Crippen LogP contribution in [0.2, 0.25) is 0 Å². The first-order valence-corrected chi connectivity index (χ1v) is 6.98. The summed E-state index contributed by atoms with van der Waals surface area (Å²) in [6, 6.07) is 2.17. The molecule has 1 N–H and O–H groups in total. The number of aliphatic hydroxyl groups is 1. The van der Waals surface area contributed by atoms with E-state index in [0.717, 1.165) is 51.1 Å². The molecule has 0 amide bonds. The highest BCUT2D eigenvalue weighted by Gasteiger charge is 2.25. The van der Waals surface area contributed by atoms with E-state index in [1.807, 2.05) is 13.8 Å². The molecule has 18 heavy (non-hydrogen) atoms. The van der Waals surface area contributed by atoms with Crippen molar-refractivity contribution in [1.82, 2.24) is 14.7 Å². The normalized spacial score (nSPS) is 26.2. The second-order valence-corrected chi connectivity index (χ2v) is 5.72. The average molecular weight is 251 g/mol. The second kappa shape index (κ2) is 5.41. The van der Waals surface area contributed by atoms with Gasteiger partial charge in [0.05, 0.1) is 17.0 Å². The third-order valence-corrected chi connectivity index (χ3v) is 3.83. The molecular weight excluding hydrogens is 226 g/mol. The molecular formula is C14H25N3O. The number of aryl methyl sites for hydroxylation is 2. The predicted octanol–water partition coefficient (Wildman–Crippen LogP) is 1.95. The van der Waals surface area contributed by atoms with Gasteiger partial charge in [-0.2, -0.15) is 5.10 Å². The van der Waals surface area contributed by atoms with Crippen LogP contribution < -0.4 is 0 Å². The molecule has 0 spiro atoms. The highest BCUT2D eigenvalue weighted by molar-refractivity contribution is 5.09. The Kier molecular flexibility index (Phi) is 4.07. The standard InChI is InChI=1S/C14H25N3O/c1-4-17-13(10-12(2)15-17)11-16-8-5-6-14(3,18)7-9-16/h10,18H,4-9,11H2,1-3H3. The molecule has 1 aliphatic heterocycles. The molecule has 2 heterocycles. The fraction of sp³-hybridized carbons (Fsp3) is 0.786. The van der Waals surface area contributed by atoms with Crippen molar-refractivity contribution in [3.05, 3.63) is 17.5 Å². The van der Waals surface area contributed by atoms with Gasteiger partial charge in [0.2, 0.25) is 0 Å². The molecule has 0 aromatic carbocycles. The van der Waals surface area contributed by atoms with Crippen molar-refractivity contribution in [2.75, 3.05) is 13.1 Å². The molecule has 1 aliphatic rings. The maximum atomic E-state index is 10.1. The molecule has 1 fully saturated rings. The van der Waals surface area contributed by atoms with Gasteiger partial charge in [-0.15, -0.1) is 0 Å². The van der Waals surface area contributed by atoms with E-state index in [2.05, 4.69) is 27.7 Å². The van der Waals surface area contributed by atoms with E-state index in [0.29, 0.717) is 0 Å². The first-order chi connectivity index (χ1) is 8.50. The topological polar surface area (TPSA) is 41.3 Å². The average Bonchev–Trinajstić information content (AvgIpc) is 2.56. The van der Waals surface area contributed by atoms with Crippen molar-refractivity contribution >= 4 is 0 Å². The Morgan fingerprint density at radius 1 is 1.39 bits per heavy atom. The van der Waals surface area contributed by atoms with Gasteiger partial charge in [0.25, 0.3) is 0 Å². The lowest BCUT2D eigenvalue weighted by Gasteiger charge is -2.22. The van der Waals surface area contributed by atoms with Gasteiger partial charge in [-0.05, 0) is 52.6 Å². The molecule has 1 aromatic rings. The van der Waals surface area contributed by atoms with E-state index < -0.39 is 5.60 Å². The van der Waals surface area contributed by atoms with Crippen LogP contribution in [0.25, 0.3) is 0 Å². The third-order valence-electron chi connectivity index (χ3n) is 3.83. The minimum absolute atomic E-state index is 0.477. The van der Waals surface area contributed by atoms with Crippen molar-refractivity contribution in [2.24, 2.45) is 0 Å². The lowest BCUT2D eigenvalue weighted by atomic mass is 9.98. The van der Waals surface area contributed by atoms with Crippen molar-refractivity contribution < 1.29 is 5.11 Å². The van der Waals surface area contributed by atoms with Crippen LogP contribution in [0.1, 0.15) is 44.5 Å². The van der Waals surface area contributed by atoms with Crippen LogP contribution in [0.3, 0.4) is 0 Å². The summed E-state index contributed by atoms with van der Waals surface area (Å²) >= 11 is 0. The van der Waals surface area contributed by atoms with Crippen molar-refractivity contribution in [1.29, 1.82) is 0 Å². The molecule has 0 aliphatic carbocycles. The highest BCUT2D eigenvalue weighted by atomic mass is 16.3. The number of hydrogen-bond donors (Lipinski definition) is 1. The fourth-order valence-electron chi connectivity index (χ4n) is 2.71. The van der Waals surface area contributed by atoms with Crippen LogP contribution in [-0.2, 0) is 13.1 Å². The van der Waals surface area contributed by atoms with E-state index >= 15 is 0 Å². The van der Waals surface area contributed by atoms with Crippen LogP contribution in [-0.4, -0.2) is 38.5 Å². The zero-order valence-corrected chi connectivity index (χ0v) is 11.8. The number of hydrogen-bond acceptors (Lipinski definition) is 3. The van der Waals surface area contributed by atoms with Gasteiger partial charge in [-0.25, -0.2) is 0 Å². The third kappa shape index (κ3) is 3.33. The molecule has 4 nitrogen and oxygen atoms in total. The summed E-state index contributed by atoms with van der Waals surface area (Å²) in [6.07, 6.45) is 2.86. The van der Waals surface area contributed by atoms with Gasteiger partial charge >= 0.3 is 0 Å². The number of likely N-dealkylation sites (tertiary alicyclic amines) is 1. The van der Waals surface area contributed by atoms with Crippen LogP contribution >= 0.6 is 0 Å². The molecule has 0 radical (unpaired) electrons. The van der Waals surface area contributed by atoms with Crippen molar-refractivity contribution in [3.8, 4) is 0 Å². The van der Waals surface area contributed by atoms with E-state index in [9.17, 15) is 5.11 Å². The summed E-state index contributed by atoms with van der Waals surface area (Å²) in [5.74, 6) is 0. The van der Waals surface area contributed by atoms with Crippen LogP contribution in [0, 0.1) is 6.92 Å². The molecule has 1 saturated heterocycles. The highest BCUT2D eigenvalue weighted by Crippen LogP contribution is 2.22. The summed E-state index contributed by atoms with van der Waals surface area (Å²) in [5.41, 5.74) is 1.90. The molecule has 2 rings (SSSR count). The summed E-state index contributed by atoms with van der Waals surface area (Å²) in [6.45, 7) is 10.0. The number of aromatic nitrogens is 2. The first kappa shape index (κ1) is 13.6. The largest absolute Gasteiger partial charge is 0.390 e. The van der Waals surface area contributed by atoms with Crippen LogP contribution in [0.15, 0.2) is 6.07 Å². The summed E-state index contributed by atoms with van der Waals surface area (Å²) in [5, 5.41) is 14.6. The fourth-order valence-corrected chi connectivity index (χ4v) is 2.71. The molecule has 1 unspecified atom stereocenters. The van der Waals surface area contributed by atoms with Gasteiger partial charge in [-0.1, -0.05) is 0 Å². The van der Waals surface area contributed by atoms with Crippen LogP contribution in [0.4, 0.5) is 0 Å². The smallest absolute Gasteiger partial charge is 0.0632 e. The maximum Gasteiger partial charge on any atom is 0.0632 e. The predicted molar refractivity (Wildman–Crippen MR) is 72.4 cm³/mol. The Morgan fingerprint density at radius 2 is 2.17 bits per heavy atom. The van der Waals surface area contributed by atoms with Gasteiger partial charge in [-0.3, -0.25) is 9.58 Å². The van der Waals surface area contributed by atoms with Gasteiger partial charge in [0, 0.05) is 19.6 Å².